The Hall–Kier alpha value is -1.87. The minimum atomic E-state index is -0.202. The number of carbonyl (C=O) groups is 1. The number of aryl methyl sites for hydroxylation is 1. The topological polar surface area (TPSA) is 67.2 Å². The molecule has 1 N–H and O–H groups in total. The third kappa shape index (κ3) is 6.94. The van der Waals surface area contributed by atoms with Gasteiger partial charge in [-0.25, -0.2) is 5.43 Å². The van der Waals surface area contributed by atoms with Gasteiger partial charge in [0.15, 0.2) is 8.68 Å². The first-order valence-corrected chi connectivity index (χ1v) is 11.5. The van der Waals surface area contributed by atoms with Gasteiger partial charge in [0.05, 0.1) is 12.0 Å². The number of hydrazone groups is 1. The van der Waals surface area contributed by atoms with Crippen molar-refractivity contribution in [2.45, 2.75) is 21.4 Å². The minimum absolute atomic E-state index is 0.202. The molecular weight excluding hydrogens is 432 g/mol. The fourth-order valence-electron chi connectivity index (χ4n) is 2.07. The van der Waals surface area contributed by atoms with E-state index in [1.165, 1.54) is 34.2 Å². The second-order valence-corrected chi connectivity index (χ2v) is 9.60. The maximum atomic E-state index is 11.9. The summed E-state index contributed by atoms with van der Waals surface area (Å²) >= 11 is 10.4. The van der Waals surface area contributed by atoms with Crippen molar-refractivity contribution in [1.29, 1.82) is 0 Å². The molecule has 1 aromatic heterocycles. The molecule has 0 atom stereocenters. The molecule has 0 aliphatic heterocycles. The van der Waals surface area contributed by atoms with Crippen molar-refractivity contribution in [2.75, 3.05) is 5.75 Å². The summed E-state index contributed by atoms with van der Waals surface area (Å²) in [5.74, 6) is 0.870. The number of aromatic nitrogens is 2. The number of nitrogens with one attached hydrogen (secondary N) is 1. The lowest BCUT2D eigenvalue weighted by Crippen LogP contribution is -2.19. The largest absolute Gasteiger partial charge is 0.272 e. The number of rotatable bonds is 8. The molecule has 2 aromatic carbocycles. The molecule has 3 rings (SSSR count). The highest BCUT2D eigenvalue weighted by Crippen LogP contribution is 2.30. The fraction of sp³-hybridized carbons (Fsp3) is 0.158. The van der Waals surface area contributed by atoms with E-state index in [1.54, 1.807) is 30.1 Å². The SMILES string of the molecule is Cc1ccc(CSc2nnc(SCC(=O)NN=Cc3cccc(Cl)c3)s2)cc1. The molecular formula is C19H17ClN4OS3. The van der Waals surface area contributed by atoms with Crippen LogP contribution in [-0.2, 0) is 10.5 Å². The highest BCUT2D eigenvalue weighted by atomic mass is 35.5. The van der Waals surface area contributed by atoms with E-state index in [2.05, 4.69) is 51.9 Å². The van der Waals surface area contributed by atoms with Gasteiger partial charge in [0.2, 0.25) is 0 Å². The zero-order chi connectivity index (χ0) is 19.8. The molecule has 0 aliphatic rings. The Morgan fingerprint density at radius 2 is 1.93 bits per heavy atom. The number of hydrogen-bond acceptors (Lipinski definition) is 7. The molecule has 0 aliphatic carbocycles. The zero-order valence-electron chi connectivity index (χ0n) is 15.0. The van der Waals surface area contributed by atoms with Crippen LogP contribution in [0.25, 0.3) is 0 Å². The summed E-state index contributed by atoms with van der Waals surface area (Å²) in [5.41, 5.74) is 5.81. The van der Waals surface area contributed by atoms with Crippen molar-refractivity contribution in [2.24, 2.45) is 5.10 Å². The Labute approximate surface area is 181 Å². The van der Waals surface area contributed by atoms with E-state index in [9.17, 15) is 4.79 Å². The number of halogens is 1. The molecule has 144 valence electrons. The van der Waals surface area contributed by atoms with Crippen LogP contribution in [0.3, 0.4) is 0 Å². The second-order valence-electron chi connectivity index (χ2n) is 5.75. The molecule has 0 bridgehead atoms. The van der Waals surface area contributed by atoms with E-state index in [4.69, 9.17) is 11.6 Å². The molecule has 28 heavy (non-hydrogen) atoms. The highest BCUT2D eigenvalue weighted by Gasteiger charge is 2.08. The molecule has 0 unspecified atom stereocenters. The molecule has 0 saturated carbocycles. The Morgan fingerprint density at radius 1 is 1.18 bits per heavy atom. The van der Waals surface area contributed by atoms with Gasteiger partial charge in [-0.3, -0.25) is 4.79 Å². The van der Waals surface area contributed by atoms with Crippen molar-refractivity contribution < 1.29 is 4.79 Å². The van der Waals surface area contributed by atoms with Crippen molar-refractivity contribution in [3.05, 3.63) is 70.2 Å². The molecule has 3 aromatic rings. The van der Waals surface area contributed by atoms with Gasteiger partial charge in [-0.2, -0.15) is 5.10 Å². The van der Waals surface area contributed by atoms with Gasteiger partial charge in [-0.15, -0.1) is 10.2 Å². The first-order valence-electron chi connectivity index (χ1n) is 8.30. The maximum absolute atomic E-state index is 11.9. The summed E-state index contributed by atoms with van der Waals surface area (Å²) in [6.45, 7) is 2.07. The van der Waals surface area contributed by atoms with Gasteiger partial charge in [-0.1, -0.05) is 88.4 Å². The summed E-state index contributed by atoms with van der Waals surface area (Å²) in [7, 11) is 0. The van der Waals surface area contributed by atoms with Gasteiger partial charge in [0, 0.05) is 10.8 Å². The number of carbonyl (C=O) groups excluding carboxylic acids is 1. The quantitative estimate of drug-likeness (QED) is 0.297. The summed E-state index contributed by atoms with van der Waals surface area (Å²) in [5, 5.41) is 12.9. The molecule has 5 nitrogen and oxygen atoms in total. The normalized spacial score (nSPS) is 11.1. The molecule has 0 fully saturated rings. The first kappa shape index (κ1) is 20.9. The predicted octanol–water partition coefficient (Wildman–Crippen LogP) is 5.03. The summed E-state index contributed by atoms with van der Waals surface area (Å²) in [6, 6.07) is 15.7. The van der Waals surface area contributed by atoms with Crippen LogP contribution in [0.4, 0.5) is 0 Å². The molecule has 1 amide bonds. The van der Waals surface area contributed by atoms with Gasteiger partial charge in [0.1, 0.15) is 0 Å². The van der Waals surface area contributed by atoms with E-state index in [-0.39, 0.29) is 11.7 Å². The average molecular weight is 449 g/mol. The smallest absolute Gasteiger partial charge is 0.250 e. The van der Waals surface area contributed by atoms with Gasteiger partial charge >= 0.3 is 0 Å². The maximum Gasteiger partial charge on any atom is 0.250 e. The number of thioether (sulfide) groups is 2. The number of hydrogen-bond donors (Lipinski definition) is 1. The van der Waals surface area contributed by atoms with Gasteiger partial charge in [-0.05, 0) is 30.2 Å². The van der Waals surface area contributed by atoms with E-state index < -0.39 is 0 Å². The lowest BCUT2D eigenvalue weighted by molar-refractivity contribution is -0.118. The number of nitrogens with zero attached hydrogens (tertiary/aromatic N) is 3. The molecule has 9 heteroatoms. The molecule has 0 spiro atoms. The average Bonchev–Trinajstić information content (AvgIpc) is 3.14. The van der Waals surface area contributed by atoms with Gasteiger partial charge in [0.25, 0.3) is 5.91 Å². The van der Waals surface area contributed by atoms with Crippen LogP contribution in [0.15, 0.2) is 62.3 Å². The third-order valence-corrected chi connectivity index (χ3v) is 6.95. The van der Waals surface area contributed by atoms with Crippen molar-refractivity contribution in [3.8, 4) is 0 Å². The van der Waals surface area contributed by atoms with Gasteiger partial charge < -0.3 is 0 Å². The van der Waals surface area contributed by atoms with Crippen LogP contribution in [0, 0.1) is 6.92 Å². The van der Waals surface area contributed by atoms with E-state index in [0.29, 0.717) is 5.02 Å². The van der Waals surface area contributed by atoms with Crippen LogP contribution in [0.2, 0.25) is 5.02 Å². The standard InChI is InChI=1S/C19H17ClN4OS3/c1-13-5-7-14(8-6-13)11-26-18-23-24-19(28-18)27-12-17(25)22-21-10-15-3-2-4-16(20)9-15/h2-10H,11-12H2,1H3,(H,22,25). The predicted molar refractivity (Wildman–Crippen MR) is 119 cm³/mol. The van der Waals surface area contributed by atoms with Crippen LogP contribution in [0.5, 0.6) is 0 Å². The Bertz CT molecular complexity index is 960. The third-order valence-electron chi connectivity index (χ3n) is 3.45. The van der Waals surface area contributed by atoms with Crippen LogP contribution in [0.1, 0.15) is 16.7 Å². The van der Waals surface area contributed by atoms with Crippen molar-refractivity contribution in [3.63, 3.8) is 0 Å². The van der Waals surface area contributed by atoms with Crippen LogP contribution < -0.4 is 5.43 Å². The van der Waals surface area contributed by atoms with Crippen LogP contribution >= 0.6 is 46.5 Å². The van der Waals surface area contributed by atoms with Crippen molar-refractivity contribution in [1.82, 2.24) is 15.6 Å². The molecule has 0 saturated heterocycles. The lowest BCUT2D eigenvalue weighted by Gasteiger charge is -1.99. The van der Waals surface area contributed by atoms with E-state index >= 15 is 0 Å². The minimum Gasteiger partial charge on any atom is -0.272 e. The molecule has 1 heterocycles. The molecule has 0 radical (unpaired) electrons. The number of amides is 1. The van der Waals surface area contributed by atoms with Crippen LogP contribution in [-0.4, -0.2) is 28.1 Å². The summed E-state index contributed by atoms with van der Waals surface area (Å²) in [4.78, 5) is 11.9. The monoisotopic (exact) mass is 448 g/mol. The lowest BCUT2D eigenvalue weighted by atomic mass is 10.2. The van der Waals surface area contributed by atoms with Crippen molar-refractivity contribution >= 4 is 58.6 Å². The van der Waals surface area contributed by atoms with E-state index in [0.717, 1.165) is 20.0 Å². The number of benzene rings is 2. The van der Waals surface area contributed by atoms with E-state index in [1.807, 2.05) is 12.1 Å². The Balaban J connectivity index is 1.41. The highest BCUT2D eigenvalue weighted by molar-refractivity contribution is 8.03. The second kappa shape index (κ2) is 10.6. The summed E-state index contributed by atoms with van der Waals surface area (Å²) < 4.78 is 1.66. The first-order chi connectivity index (χ1) is 13.6. The Kier molecular flexibility index (Phi) is 7.90. The fourth-order valence-corrected chi connectivity index (χ4v) is 5.04. The Morgan fingerprint density at radius 3 is 2.68 bits per heavy atom. The zero-order valence-corrected chi connectivity index (χ0v) is 18.2. The summed E-state index contributed by atoms with van der Waals surface area (Å²) in [6.07, 6.45) is 1.55.